The van der Waals surface area contributed by atoms with E-state index in [1.54, 1.807) is 12.1 Å². The van der Waals surface area contributed by atoms with Crippen LogP contribution in [0.15, 0.2) is 30.3 Å². The zero-order valence-corrected chi connectivity index (χ0v) is 16.1. The highest BCUT2D eigenvalue weighted by Gasteiger charge is 2.30. The second-order valence-corrected chi connectivity index (χ2v) is 6.84. The van der Waals surface area contributed by atoms with Crippen molar-refractivity contribution in [3.05, 3.63) is 63.8 Å². The number of aromatic hydroxyl groups is 1. The van der Waals surface area contributed by atoms with E-state index in [2.05, 4.69) is 5.32 Å². The molecule has 0 aliphatic rings. The fourth-order valence-corrected chi connectivity index (χ4v) is 3.59. The summed E-state index contributed by atoms with van der Waals surface area (Å²) in [5.41, 5.74) is 0.582. The Bertz CT molecular complexity index is 1120. The number of benzene rings is 2. The largest absolute Gasteiger partial charge is 0.503 e. The van der Waals surface area contributed by atoms with Gasteiger partial charge in [0.05, 0.1) is 11.4 Å². The van der Waals surface area contributed by atoms with E-state index in [4.69, 9.17) is 11.6 Å². The zero-order valence-electron chi connectivity index (χ0n) is 15.3. The van der Waals surface area contributed by atoms with Gasteiger partial charge in [-0.05, 0) is 37.6 Å². The molecule has 2 aromatic carbocycles. The number of hydrogen-bond donors (Lipinski definition) is 2. The van der Waals surface area contributed by atoms with Gasteiger partial charge in [0.1, 0.15) is 0 Å². The summed E-state index contributed by atoms with van der Waals surface area (Å²) in [5.74, 6) is -5.42. The van der Waals surface area contributed by atoms with Gasteiger partial charge in [0.2, 0.25) is 5.91 Å². The average Bonchev–Trinajstić information content (AvgIpc) is 2.96. The fraction of sp³-hybridized carbons (Fsp3) is 0.200. The molecule has 0 radical (unpaired) electrons. The van der Waals surface area contributed by atoms with Gasteiger partial charge < -0.3 is 10.4 Å². The van der Waals surface area contributed by atoms with Crippen molar-refractivity contribution in [2.75, 3.05) is 7.05 Å². The lowest BCUT2D eigenvalue weighted by molar-refractivity contribution is -0.121. The highest BCUT2D eigenvalue weighted by molar-refractivity contribution is 6.31. The van der Waals surface area contributed by atoms with Crippen LogP contribution in [0, 0.1) is 18.6 Å². The van der Waals surface area contributed by atoms with Crippen LogP contribution in [0.2, 0.25) is 5.02 Å². The monoisotopic (exact) mass is 406 g/mol. The molecule has 146 valence electrons. The molecule has 0 spiro atoms. The topological polar surface area (TPSA) is 71.3 Å². The normalized spacial score (nSPS) is 12.2. The molecule has 3 rings (SSSR count). The van der Waals surface area contributed by atoms with Gasteiger partial charge in [0.25, 0.3) is 5.91 Å². The maximum atomic E-state index is 14.8. The minimum absolute atomic E-state index is 0.0824. The van der Waals surface area contributed by atoms with E-state index >= 15 is 0 Å². The van der Waals surface area contributed by atoms with Crippen LogP contribution in [0.1, 0.15) is 34.5 Å². The smallest absolute Gasteiger partial charge is 0.262 e. The van der Waals surface area contributed by atoms with Crippen molar-refractivity contribution in [1.82, 2.24) is 9.88 Å². The Kier molecular flexibility index (Phi) is 5.12. The maximum Gasteiger partial charge on any atom is 0.262 e. The maximum absolute atomic E-state index is 14.8. The minimum Gasteiger partial charge on any atom is -0.503 e. The van der Waals surface area contributed by atoms with Crippen LogP contribution in [-0.2, 0) is 4.79 Å². The molecule has 5 nitrogen and oxygen atoms in total. The lowest BCUT2D eigenvalue weighted by Gasteiger charge is -2.12. The van der Waals surface area contributed by atoms with Crippen LogP contribution >= 0.6 is 11.6 Å². The average molecular weight is 407 g/mol. The number of aromatic nitrogens is 1. The Balaban J connectivity index is 2.39. The summed E-state index contributed by atoms with van der Waals surface area (Å²) in [5, 5.41) is 12.4. The first-order valence-corrected chi connectivity index (χ1v) is 8.80. The number of nitrogens with one attached hydrogen (secondary N) is 1. The number of rotatable bonds is 3. The van der Waals surface area contributed by atoms with Crippen LogP contribution < -0.4 is 5.32 Å². The van der Waals surface area contributed by atoms with E-state index in [-0.39, 0.29) is 27.7 Å². The molecule has 28 heavy (non-hydrogen) atoms. The van der Waals surface area contributed by atoms with Gasteiger partial charge in [-0.1, -0.05) is 17.7 Å². The van der Waals surface area contributed by atoms with Crippen LogP contribution in [-0.4, -0.2) is 28.5 Å². The summed E-state index contributed by atoms with van der Waals surface area (Å²) in [6.07, 6.45) is 0. The number of phenolic OH excluding ortho intramolecular Hbond substituents is 1. The summed E-state index contributed by atoms with van der Waals surface area (Å²) in [6, 6.07) is 7.01. The summed E-state index contributed by atoms with van der Waals surface area (Å²) in [4.78, 5) is 25.3. The van der Waals surface area contributed by atoms with E-state index in [9.17, 15) is 23.5 Å². The van der Waals surface area contributed by atoms with Gasteiger partial charge in [0.15, 0.2) is 17.4 Å². The van der Waals surface area contributed by atoms with E-state index < -0.39 is 35.1 Å². The second kappa shape index (κ2) is 7.24. The predicted octanol–water partition coefficient (Wildman–Crippen LogP) is 4.12. The Morgan fingerprint density at radius 1 is 1.25 bits per heavy atom. The summed E-state index contributed by atoms with van der Waals surface area (Å²) < 4.78 is 30.0. The third-order valence-corrected chi connectivity index (χ3v) is 4.99. The number of halogens is 3. The fourth-order valence-electron chi connectivity index (χ4n) is 3.40. The molecule has 0 saturated carbocycles. The van der Waals surface area contributed by atoms with Gasteiger partial charge in [-0.15, -0.1) is 0 Å². The van der Waals surface area contributed by atoms with Crippen molar-refractivity contribution >= 4 is 34.3 Å². The summed E-state index contributed by atoms with van der Waals surface area (Å²) >= 11 is 5.95. The van der Waals surface area contributed by atoms with E-state index in [1.807, 2.05) is 0 Å². The van der Waals surface area contributed by atoms with Gasteiger partial charge in [-0.2, -0.15) is 0 Å². The molecule has 0 bridgehead atoms. The molecule has 1 aromatic heterocycles. The molecule has 1 atom stereocenters. The van der Waals surface area contributed by atoms with E-state index in [0.29, 0.717) is 5.02 Å². The Hall–Kier alpha value is -2.93. The van der Waals surface area contributed by atoms with Crippen LogP contribution in [0.25, 0.3) is 10.9 Å². The summed E-state index contributed by atoms with van der Waals surface area (Å²) in [6.45, 7) is 3.07. The van der Waals surface area contributed by atoms with Crippen molar-refractivity contribution in [2.45, 2.75) is 19.8 Å². The molecule has 8 heteroatoms. The first-order chi connectivity index (χ1) is 13.2. The van der Waals surface area contributed by atoms with Crippen molar-refractivity contribution < 1.29 is 23.5 Å². The van der Waals surface area contributed by atoms with Gasteiger partial charge >= 0.3 is 0 Å². The number of hydrogen-bond acceptors (Lipinski definition) is 3. The third kappa shape index (κ3) is 3.01. The van der Waals surface area contributed by atoms with Gasteiger partial charge in [-0.25, -0.2) is 8.78 Å². The van der Waals surface area contributed by atoms with E-state index in [0.717, 1.165) is 10.6 Å². The Labute approximate surface area is 164 Å². The molecule has 1 unspecified atom stereocenters. The van der Waals surface area contributed by atoms with Crippen molar-refractivity contribution in [3.63, 3.8) is 0 Å². The Morgan fingerprint density at radius 2 is 1.93 bits per heavy atom. The van der Waals surface area contributed by atoms with Gasteiger partial charge in [-0.3, -0.25) is 14.2 Å². The quantitative estimate of drug-likeness (QED) is 0.687. The molecule has 0 saturated heterocycles. The highest BCUT2D eigenvalue weighted by atomic mass is 35.5. The van der Waals surface area contributed by atoms with E-state index in [1.165, 1.54) is 33.0 Å². The number of nitrogens with zero attached hydrogens (tertiary/aromatic N) is 1. The predicted molar refractivity (Wildman–Crippen MR) is 102 cm³/mol. The molecular weight excluding hydrogens is 390 g/mol. The first kappa shape index (κ1) is 19.8. The second-order valence-electron chi connectivity index (χ2n) is 6.40. The third-order valence-electron chi connectivity index (χ3n) is 4.76. The molecule has 0 fully saturated rings. The minimum atomic E-state index is -1.22. The molecule has 2 N–H and O–H groups in total. The number of carbonyl (C=O) groups excluding carboxylic acids is 2. The van der Waals surface area contributed by atoms with Crippen molar-refractivity contribution in [1.29, 1.82) is 0 Å². The molecule has 1 amide bonds. The molecule has 0 aliphatic heterocycles. The molecular formula is C20H17ClF2N2O3. The SMILES string of the molecule is CNC(=O)C(C)c1c(C)n(C(=O)c2cccc(Cl)c2)c2cc(F)c(O)c(F)c12. The van der Waals surface area contributed by atoms with Crippen molar-refractivity contribution in [2.24, 2.45) is 0 Å². The molecule has 1 heterocycles. The molecule has 3 aromatic rings. The lowest BCUT2D eigenvalue weighted by atomic mass is 9.96. The summed E-state index contributed by atoms with van der Waals surface area (Å²) in [7, 11) is 1.43. The van der Waals surface area contributed by atoms with Crippen LogP contribution in [0.3, 0.4) is 0 Å². The van der Waals surface area contributed by atoms with Crippen molar-refractivity contribution in [3.8, 4) is 5.75 Å². The zero-order chi connectivity index (χ0) is 20.7. The number of amides is 1. The Morgan fingerprint density at radius 3 is 2.54 bits per heavy atom. The lowest BCUT2D eigenvalue weighted by Crippen LogP contribution is -2.24. The first-order valence-electron chi connectivity index (χ1n) is 8.42. The number of phenols is 1. The molecule has 0 aliphatic carbocycles. The number of carbonyl (C=O) groups is 2. The highest BCUT2D eigenvalue weighted by Crippen LogP contribution is 2.38. The number of fused-ring (bicyclic) bond motifs is 1. The van der Waals surface area contributed by atoms with Crippen LogP contribution in [0.4, 0.5) is 8.78 Å². The van der Waals surface area contributed by atoms with Gasteiger partial charge in [0, 0.05) is 34.8 Å². The number of likely N-dealkylation sites (N-methyl/N-ethyl adjacent to an activating group) is 1. The van der Waals surface area contributed by atoms with Crippen LogP contribution in [0.5, 0.6) is 5.75 Å². The standard InChI is InChI=1S/C20H17ClF2N2O3/c1-9(19(27)24-3)15-10(2)25(20(28)11-5-4-6-12(21)7-11)14-8-13(22)18(26)17(23)16(14)15/h4-9,26H,1-3H3,(H,24,27).